The van der Waals surface area contributed by atoms with Crippen LogP contribution in [0.3, 0.4) is 0 Å². The Labute approximate surface area is 133 Å². The van der Waals surface area contributed by atoms with Crippen molar-refractivity contribution >= 4 is 23.2 Å². The molecule has 1 N–H and O–H groups in total. The first-order chi connectivity index (χ1) is 10.7. The molecule has 0 atom stereocenters. The third-order valence-electron chi connectivity index (χ3n) is 3.85. The van der Waals surface area contributed by atoms with Crippen molar-refractivity contribution in [2.24, 2.45) is 0 Å². The number of carbonyl (C=O) groups excluding carboxylic acids is 2. The Bertz CT molecular complexity index is 667. The minimum atomic E-state index is -0.105. The van der Waals surface area contributed by atoms with E-state index in [1.165, 1.54) is 22.5 Å². The predicted octanol–water partition coefficient (Wildman–Crippen LogP) is 2.45. The first-order valence-corrected chi connectivity index (χ1v) is 8.28. The molecule has 0 spiro atoms. The molecule has 2 aromatic rings. The molecule has 4 nitrogen and oxygen atoms in total. The normalized spacial score (nSPS) is 13.5. The van der Waals surface area contributed by atoms with Crippen molar-refractivity contribution < 1.29 is 9.59 Å². The van der Waals surface area contributed by atoms with Crippen LogP contribution in [0.2, 0.25) is 0 Å². The first-order valence-electron chi connectivity index (χ1n) is 7.40. The highest BCUT2D eigenvalue weighted by atomic mass is 32.1. The fourth-order valence-corrected chi connectivity index (χ4v) is 3.28. The SMILES string of the molecule is O=C(NCCC(=O)N1CCc2ccccc2C1)c1cccs1. The number of amides is 2. The Morgan fingerprint density at radius 1 is 1.14 bits per heavy atom. The van der Waals surface area contributed by atoms with Gasteiger partial charge in [0.15, 0.2) is 0 Å². The highest BCUT2D eigenvalue weighted by Gasteiger charge is 2.20. The van der Waals surface area contributed by atoms with Gasteiger partial charge in [-0.3, -0.25) is 9.59 Å². The molecule has 0 bridgehead atoms. The number of rotatable bonds is 4. The summed E-state index contributed by atoms with van der Waals surface area (Å²) in [6.07, 6.45) is 1.25. The summed E-state index contributed by atoms with van der Waals surface area (Å²) >= 11 is 1.40. The minimum absolute atomic E-state index is 0.0981. The van der Waals surface area contributed by atoms with Crippen LogP contribution in [0.25, 0.3) is 0 Å². The second-order valence-electron chi connectivity index (χ2n) is 5.32. The molecule has 114 valence electrons. The van der Waals surface area contributed by atoms with E-state index in [-0.39, 0.29) is 11.8 Å². The summed E-state index contributed by atoms with van der Waals surface area (Å²) < 4.78 is 0. The standard InChI is InChI=1S/C17H18N2O2S/c20-16(7-9-18-17(21)15-6-3-11-22-15)19-10-8-13-4-1-2-5-14(13)12-19/h1-6,11H,7-10,12H2,(H,18,21). The molecule has 0 fully saturated rings. The molecule has 0 aliphatic carbocycles. The van der Waals surface area contributed by atoms with Gasteiger partial charge in [0.1, 0.15) is 0 Å². The molecular weight excluding hydrogens is 296 g/mol. The van der Waals surface area contributed by atoms with Gasteiger partial charge < -0.3 is 10.2 Å². The first kappa shape index (κ1) is 14.8. The number of nitrogens with zero attached hydrogens (tertiary/aromatic N) is 1. The fraction of sp³-hybridized carbons (Fsp3) is 0.294. The topological polar surface area (TPSA) is 49.4 Å². The zero-order valence-electron chi connectivity index (χ0n) is 12.2. The van der Waals surface area contributed by atoms with Crippen molar-refractivity contribution in [1.82, 2.24) is 10.2 Å². The van der Waals surface area contributed by atoms with Crippen LogP contribution in [0.5, 0.6) is 0 Å². The van der Waals surface area contributed by atoms with Gasteiger partial charge >= 0.3 is 0 Å². The number of nitrogens with one attached hydrogen (secondary N) is 1. The summed E-state index contributed by atoms with van der Waals surface area (Å²) in [7, 11) is 0. The van der Waals surface area contributed by atoms with Crippen LogP contribution in [0, 0.1) is 0 Å². The van der Waals surface area contributed by atoms with E-state index >= 15 is 0 Å². The van der Waals surface area contributed by atoms with Crippen molar-refractivity contribution in [3.05, 3.63) is 57.8 Å². The van der Waals surface area contributed by atoms with Crippen molar-refractivity contribution in [3.8, 4) is 0 Å². The molecule has 22 heavy (non-hydrogen) atoms. The van der Waals surface area contributed by atoms with E-state index < -0.39 is 0 Å². The Balaban J connectivity index is 1.48. The van der Waals surface area contributed by atoms with E-state index in [2.05, 4.69) is 17.4 Å². The average molecular weight is 314 g/mol. The lowest BCUT2D eigenvalue weighted by Crippen LogP contribution is -2.37. The van der Waals surface area contributed by atoms with Gasteiger partial charge in [-0.05, 0) is 29.0 Å². The Kier molecular flexibility index (Phi) is 4.53. The molecule has 2 heterocycles. The van der Waals surface area contributed by atoms with Crippen LogP contribution in [-0.4, -0.2) is 29.8 Å². The van der Waals surface area contributed by atoms with E-state index in [0.717, 1.165) is 13.0 Å². The predicted molar refractivity (Wildman–Crippen MR) is 86.8 cm³/mol. The lowest BCUT2D eigenvalue weighted by atomic mass is 10.00. The molecule has 5 heteroatoms. The van der Waals surface area contributed by atoms with E-state index in [4.69, 9.17) is 0 Å². The number of carbonyl (C=O) groups is 2. The van der Waals surface area contributed by atoms with Gasteiger partial charge in [-0.2, -0.15) is 0 Å². The van der Waals surface area contributed by atoms with Gasteiger partial charge in [-0.15, -0.1) is 11.3 Å². The molecule has 1 aromatic carbocycles. The second-order valence-corrected chi connectivity index (χ2v) is 6.26. The lowest BCUT2D eigenvalue weighted by Gasteiger charge is -2.29. The van der Waals surface area contributed by atoms with E-state index in [1.54, 1.807) is 6.07 Å². The maximum Gasteiger partial charge on any atom is 0.261 e. The van der Waals surface area contributed by atoms with Crippen molar-refractivity contribution in [2.45, 2.75) is 19.4 Å². The third kappa shape index (κ3) is 3.36. The molecule has 1 aliphatic heterocycles. The van der Waals surface area contributed by atoms with E-state index in [9.17, 15) is 9.59 Å². The monoisotopic (exact) mass is 314 g/mol. The summed E-state index contributed by atoms with van der Waals surface area (Å²) in [5.41, 5.74) is 2.56. The fourth-order valence-electron chi connectivity index (χ4n) is 2.64. The van der Waals surface area contributed by atoms with E-state index in [0.29, 0.717) is 24.4 Å². The maximum atomic E-state index is 12.3. The third-order valence-corrected chi connectivity index (χ3v) is 4.72. The molecule has 0 saturated heterocycles. The van der Waals surface area contributed by atoms with Crippen molar-refractivity contribution in [3.63, 3.8) is 0 Å². The van der Waals surface area contributed by atoms with Crippen LogP contribution in [0.4, 0.5) is 0 Å². The Morgan fingerprint density at radius 3 is 2.73 bits per heavy atom. The molecule has 2 amide bonds. The van der Waals surface area contributed by atoms with Crippen molar-refractivity contribution in [1.29, 1.82) is 0 Å². The molecule has 0 saturated carbocycles. The van der Waals surface area contributed by atoms with Gasteiger partial charge in [-0.25, -0.2) is 0 Å². The summed E-state index contributed by atoms with van der Waals surface area (Å²) in [4.78, 5) is 26.6. The molecule has 0 unspecified atom stereocenters. The number of hydrogen-bond donors (Lipinski definition) is 1. The molecule has 1 aromatic heterocycles. The Morgan fingerprint density at radius 2 is 1.95 bits per heavy atom. The maximum absolute atomic E-state index is 12.3. The van der Waals surface area contributed by atoms with Gasteiger partial charge in [0.25, 0.3) is 5.91 Å². The van der Waals surface area contributed by atoms with Gasteiger partial charge in [0, 0.05) is 26.1 Å². The molecule has 1 aliphatic rings. The number of hydrogen-bond acceptors (Lipinski definition) is 3. The highest BCUT2D eigenvalue weighted by Crippen LogP contribution is 2.18. The number of fused-ring (bicyclic) bond motifs is 1. The average Bonchev–Trinajstić information content (AvgIpc) is 3.08. The quantitative estimate of drug-likeness (QED) is 0.942. The smallest absolute Gasteiger partial charge is 0.261 e. The largest absolute Gasteiger partial charge is 0.351 e. The summed E-state index contributed by atoms with van der Waals surface area (Å²) in [6.45, 7) is 1.82. The molecular formula is C17H18N2O2S. The zero-order valence-corrected chi connectivity index (χ0v) is 13.1. The minimum Gasteiger partial charge on any atom is -0.351 e. The van der Waals surface area contributed by atoms with Crippen LogP contribution in [0.1, 0.15) is 27.2 Å². The van der Waals surface area contributed by atoms with Crippen LogP contribution >= 0.6 is 11.3 Å². The van der Waals surface area contributed by atoms with Crippen LogP contribution < -0.4 is 5.32 Å². The van der Waals surface area contributed by atoms with Gasteiger partial charge in [-0.1, -0.05) is 30.3 Å². The number of thiophene rings is 1. The second kappa shape index (κ2) is 6.75. The molecule has 0 radical (unpaired) electrons. The highest BCUT2D eigenvalue weighted by molar-refractivity contribution is 7.12. The number of benzene rings is 1. The summed E-state index contributed by atoms with van der Waals surface area (Å²) in [5.74, 6) is -0.00669. The van der Waals surface area contributed by atoms with Crippen LogP contribution in [0.15, 0.2) is 41.8 Å². The van der Waals surface area contributed by atoms with E-state index in [1.807, 2.05) is 28.5 Å². The Hall–Kier alpha value is -2.14. The summed E-state index contributed by atoms with van der Waals surface area (Å²) in [5, 5.41) is 4.66. The van der Waals surface area contributed by atoms with Crippen molar-refractivity contribution in [2.75, 3.05) is 13.1 Å². The molecule has 3 rings (SSSR count). The van der Waals surface area contributed by atoms with Crippen LogP contribution in [-0.2, 0) is 17.8 Å². The zero-order chi connectivity index (χ0) is 15.4. The lowest BCUT2D eigenvalue weighted by molar-refractivity contribution is -0.131. The van der Waals surface area contributed by atoms with Gasteiger partial charge in [0.05, 0.1) is 4.88 Å². The van der Waals surface area contributed by atoms with Gasteiger partial charge in [0.2, 0.25) is 5.91 Å². The summed E-state index contributed by atoms with van der Waals surface area (Å²) in [6, 6.07) is 11.9.